The number of phenolic OH excluding ortho intramolecular Hbond substituents is 3. The van der Waals surface area contributed by atoms with E-state index in [1.54, 1.807) is 14.0 Å². The maximum absolute atomic E-state index is 14.2. The fourth-order valence-electron chi connectivity index (χ4n) is 8.65. The highest BCUT2D eigenvalue weighted by Gasteiger charge is 2.51. The number of carbonyl (C=O) groups is 4. The highest BCUT2D eigenvalue weighted by atomic mass is 16.7. The molecule has 63 heavy (non-hydrogen) atoms. The molecule has 2 fully saturated rings. The van der Waals surface area contributed by atoms with Crippen LogP contribution in [-0.4, -0.2) is 159 Å². The van der Waals surface area contributed by atoms with Gasteiger partial charge >= 0.3 is 0 Å². The molecule has 2 aliphatic heterocycles. The number of benzene rings is 3. The molecule has 0 bridgehead atoms. The van der Waals surface area contributed by atoms with Gasteiger partial charge in [0.25, 0.3) is 5.91 Å². The Hall–Kier alpha value is -5.30. The Bertz CT molecular complexity index is 2340. The second-order valence-electron chi connectivity index (χ2n) is 15.9. The quantitative estimate of drug-likeness (QED) is 0.0805. The van der Waals surface area contributed by atoms with Crippen LogP contribution in [0.2, 0.25) is 0 Å². The van der Waals surface area contributed by atoms with E-state index in [0.29, 0.717) is 0 Å². The molecule has 0 spiro atoms. The van der Waals surface area contributed by atoms with Crippen LogP contribution in [0.4, 0.5) is 0 Å². The van der Waals surface area contributed by atoms with Crippen LogP contribution in [0.1, 0.15) is 84.9 Å². The Morgan fingerprint density at radius 2 is 1.54 bits per heavy atom. The van der Waals surface area contributed by atoms with Gasteiger partial charge in [-0.2, -0.15) is 0 Å². The number of rotatable bonds is 11. The third-order valence-electron chi connectivity index (χ3n) is 11.9. The van der Waals surface area contributed by atoms with E-state index in [2.05, 4.69) is 16.0 Å². The minimum atomic E-state index is -1.88. The molecule has 0 saturated carbocycles. The van der Waals surface area contributed by atoms with Crippen LogP contribution in [-0.2, 0) is 23.7 Å². The first-order valence-corrected chi connectivity index (χ1v) is 20.1. The van der Waals surface area contributed by atoms with Crippen LogP contribution in [0.5, 0.6) is 23.0 Å². The van der Waals surface area contributed by atoms with Gasteiger partial charge in [-0.1, -0.05) is 6.07 Å². The average molecular weight is 883 g/mol. The van der Waals surface area contributed by atoms with E-state index in [9.17, 15) is 60.0 Å². The molecule has 3 aromatic rings. The van der Waals surface area contributed by atoms with Crippen molar-refractivity contribution in [3.05, 3.63) is 68.8 Å². The van der Waals surface area contributed by atoms with Gasteiger partial charge in [0.15, 0.2) is 24.1 Å². The highest BCUT2D eigenvalue weighted by Crippen LogP contribution is 2.57. The number of phenols is 3. The molecule has 4 aliphatic rings. The summed E-state index contributed by atoms with van der Waals surface area (Å²) in [4.78, 5) is 54.8. The highest BCUT2D eigenvalue weighted by molar-refractivity contribution is 6.31. The van der Waals surface area contributed by atoms with Crippen molar-refractivity contribution in [3.63, 3.8) is 0 Å². The number of aryl methyl sites for hydroxylation is 1. The van der Waals surface area contributed by atoms with Gasteiger partial charge in [-0.15, -0.1) is 0 Å². The Morgan fingerprint density at radius 3 is 2.21 bits per heavy atom. The monoisotopic (exact) mass is 882 g/mol. The first kappa shape index (κ1) is 45.7. The second kappa shape index (κ2) is 17.7. The average Bonchev–Trinajstić information content (AvgIpc) is 3.24. The molecule has 0 aromatic heterocycles. The Labute approximate surface area is 359 Å². The van der Waals surface area contributed by atoms with E-state index >= 15 is 0 Å². The minimum Gasteiger partial charge on any atom is -0.507 e. The fourth-order valence-corrected chi connectivity index (χ4v) is 8.65. The number of hydrogen-bond donors (Lipinski definition) is 12. The van der Waals surface area contributed by atoms with Crippen molar-refractivity contribution in [3.8, 4) is 34.1 Å². The summed E-state index contributed by atoms with van der Waals surface area (Å²) >= 11 is 0. The van der Waals surface area contributed by atoms with Crippen molar-refractivity contribution in [1.82, 2.24) is 16.0 Å². The number of hydrogen-bond acceptors (Lipinski definition) is 19. The van der Waals surface area contributed by atoms with Crippen LogP contribution in [0, 0.1) is 6.92 Å². The maximum Gasteiger partial charge on any atom is 0.255 e. The standard InChI is InChI=1S/C42H50N4O17/c1-13-8-20-26(33(53)23(13)40(58)46-14(2)39(57)45-7-6-43)25-18(11-19-27(34(25)54)30(50)17-9-16(59-5)10-21(47)24(17)29(19)49)31(51)37(20)62-42-36(56)38(28(44-4)15(3)61-42)63-41-35(55)32(52)22(48)12-60-41/h8-11,14-15,22,28,31-32,35-38,41-42,44,47-48,51-56H,6-7,12,43H2,1-5H3,(H,45,57)(H,46,58)/t14-,15-,22-,28+,31+,32+,35-,36-,37+,38+,41+,42+/m1/s1. The van der Waals surface area contributed by atoms with E-state index in [-0.39, 0.29) is 57.8 Å². The zero-order chi connectivity index (χ0) is 45.9. The van der Waals surface area contributed by atoms with Crippen molar-refractivity contribution >= 4 is 23.4 Å². The van der Waals surface area contributed by atoms with Gasteiger partial charge in [0.05, 0.1) is 42.6 Å². The van der Waals surface area contributed by atoms with Gasteiger partial charge in [-0.05, 0) is 56.6 Å². The number of ketones is 2. The maximum atomic E-state index is 14.2. The lowest BCUT2D eigenvalue weighted by Gasteiger charge is -2.47. The normalized spacial score (nSPS) is 29.2. The van der Waals surface area contributed by atoms with Crippen LogP contribution in [0.3, 0.4) is 0 Å². The molecule has 7 rings (SSSR count). The van der Waals surface area contributed by atoms with Gasteiger partial charge in [0.1, 0.15) is 71.8 Å². The molecule has 2 amide bonds. The summed E-state index contributed by atoms with van der Waals surface area (Å²) in [7, 11) is 2.82. The minimum absolute atomic E-state index is 0.0257. The summed E-state index contributed by atoms with van der Waals surface area (Å²) in [6, 6.07) is 2.84. The lowest BCUT2D eigenvalue weighted by Crippen LogP contribution is -2.65. The van der Waals surface area contributed by atoms with E-state index in [1.165, 1.54) is 33.1 Å². The number of nitrogens with two attached hydrogens (primary N) is 1. The molecule has 340 valence electrons. The smallest absolute Gasteiger partial charge is 0.255 e. The molecule has 21 heteroatoms. The number of aromatic hydroxyl groups is 3. The Balaban J connectivity index is 1.35. The van der Waals surface area contributed by atoms with Crippen molar-refractivity contribution < 1.29 is 83.7 Å². The van der Waals surface area contributed by atoms with Crippen molar-refractivity contribution in [2.45, 2.75) is 94.3 Å². The fraction of sp³-hybridized carbons (Fsp3) is 0.476. The first-order chi connectivity index (χ1) is 29.9. The molecule has 2 aliphatic carbocycles. The van der Waals surface area contributed by atoms with Crippen molar-refractivity contribution in [1.29, 1.82) is 0 Å². The molecule has 12 atom stereocenters. The lowest BCUT2D eigenvalue weighted by molar-refractivity contribution is -0.339. The van der Waals surface area contributed by atoms with Crippen molar-refractivity contribution in [2.75, 3.05) is 33.9 Å². The lowest BCUT2D eigenvalue weighted by atomic mass is 9.74. The van der Waals surface area contributed by atoms with Crippen LogP contribution < -0.4 is 26.4 Å². The van der Waals surface area contributed by atoms with Gasteiger partial charge in [0, 0.05) is 41.4 Å². The third kappa shape index (κ3) is 7.78. The third-order valence-corrected chi connectivity index (χ3v) is 11.9. The summed E-state index contributed by atoms with van der Waals surface area (Å²) in [6.07, 6.45) is -15.4. The number of nitrogens with one attached hydrogen (secondary N) is 3. The number of likely N-dealkylation sites (N-methyl/N-ethyl adjacent to an activating group) is 1. The molecular weight excluding hydrogens is 832 g/mol. The van der Waals surface area contributed by atoms with E-state index in [4.69, 9.17) is 29.4 Å². The number of carbonyl (C=O) groups excluding carboxylic acids is 4. The topological polar surface area (TPSA) is 338 Å². The summed E-state index contributed by atoms with van der Waals surface area (Å²) in [5.41, 5.74) is 2.44. The SMILES string of the molecule is CN[C@@H]1[C@H](O[C@@H]2OC[C@@H](O)[C@H](O)[C@H]2O)[C@@H](O)[C@H](O[C@H]2c3cc(C)c(C(=O)N[C@H](C)C(=O)NCCN)c(O)c3-c3c(cc4c(c3O)C(=O)c3cc(OC)cc(O)c3C4=O)[C@@H]2O)O[C@@H]1C. The Morgan fingerprint density at radius 1 is 0.873 bits per heavy atom. The van der Waals surface area contributed by atoms with Crippen LogP contribution in [0.15, 0.2) is 24.3 Å². The molecule has 2 heterocycles. The number of aliphatic hydroxyl groups excluding tert-OH is 5. The Kier molecular flexibility index (Phi) is 12.8. The summed E-state index contributed by atoms with van der Waals surface area (Å²) in [6.45, 7) is 4.29. The number of amides is 2. The van der Waals surface area contributed by atoms with Gasteiger partial charge in [-0.3, -0.25) is 19.2 Å². The molecule has 13 N–H and O–H groups in total. The molecule has 0 unspecified atom stereocenters. The molecule has 3 aromatic carbocycles. The second-order valence-corrected chi connectivity index (χ2v) is 15.9. The summed E-state index contributed by atoms with van der Waals surface area (Å²) < 4.78 is 29.1. The predicted octanol–water partition coefficient (Wildman–Crippen LogP) is -1.62. The molecular formula is C42H50N4O17. The number of aliphatic hydroxyl groups is 5. The van der Waals surface area contributed by atoms with Crippen LogP contribution >= 0.6 is 0 Å². The van der Waals surface area contributed by atoms with Gasteiger partial charge in [-0.25, -0.2) is 0 Å². The largest absolute Gasteiger partial charge is 0.507 e. The van der Waals surface area contributed by atoms with E-state index < -0.39 is 137 Å². The first-order valence-electron chi connectivity index (χ1n) is 20.1. The van der Waals surface area contributed by atoms with Crippen LogP contribution in [0.25, 0.3) is 11.1 Å². The summed E-state index contributed by atoms with van der Waals surface area (Å²) in [5, 5.41) is 98.2. The molecule has 2 saturated heterocycles. The number of ether oxygens (including phenoxy) is 5. The zero-order valence-corrected chi connectivity index (χ0v) is 34.7. The van der Waals surface area contributed by atoms with E-state index in [1.807, 2.05) is 0 Å². The summed E-state index contributed by atoms with van der Waals surface area (Å²) in [5.74, 6) is -5.58. The molecule has 21 nitrogen and oxygen atoms in total. The van der Waals surface area contributed by atoms with Crippen molar-refractivity contribution in [2.24, 2.45) is 5.73 Å². The number of methoxy groups -OCH3 is 1. The van der Waals surface area contributed by atoms with Gasteiger partial charge < -0.3 is 86.2 Å². The van der Waals surface area contributed by atoms with Gasteiger partial charge in [0.2, 0.25) is 5.91 Å². The zero-order valence-electron chi connectivity index (χ0n) is 34.7. The van der Waals surface area contributed by atoms with E-state index in [0.717, 1.165) is 12.1 Å². The number of fused-ring (bicyclic) bond motifs is 5. The molecule has 0 radical (unpaired) electrons. The predicted molar refractivity (Wildman–Crippen MR) is 215 cm³/mol.